The van der Waals surface area contributed by atoms with E-state index in [1.807, 2.05) is 0 Å². The summed E-state index contributed by atoms with van der Waals surface area (Å²) >= 11 is 0. The predicted molar refractivity (Wildman–Crippen MR) is 100 cm³/mol. The standard InChI is InChI=1S/C20H15FN2O7/c1-11-17(22-30-18(11)12-3-5-15(21)6-4-12)10-29-20(25)14-7-13(19(24)28-2)8-16(9-14)23(26)27/h3-9H,10H2,1-2H3. The number of benzene rings is 2. The molecule has 0 unspecified atom stereocenters. The Balaban J connectivity index is 1.79. The number of carbonyl (C=O) groups excluding carboxylic acids is 2. The van der Waals surface area contributed by atoms with Crippen molar-refractivity contribution in [2.45, 2.75) is 13.5 Å². The van der Waals surface area contributed by atoms with Gasteiger partial charge >= 0.3 is 11.9 Å². The molecule has 0 saturated heterocycles. The van der Waals surface area contributed by atoms with Gasteiger partial charge in [0, 0.05) is 23.3 Å². The van der Waals surface area contributed by atoms with Crippen molar-refractivity contribution in [3.63, 3.8) is 0 Å². The van der Waals surface area contributed by atoms with Gasteiger partial charge in [0.15, 0.2) is 5.76 Å². The van der Waals surface area contributed by atoms with Gasteiger partial charge < -0.3 is 14.0 Å². The first-order valence-corrected chi connectivity index (χ1v) is 8.56. The number of non-ortho nitro benzene ring substituents is 1. The van der Waals surface area contributed by atoms with Gasteiger partial charge in [-0.1, -0.05) is 5.16 Å². The smallest absolute Gasteiger partial charge is 0.338 e. The zero-order chi connectivity index (χ0) is 21.8. The van der Waals surface area contributed by atoms with Gasteiger partial charge in [0.05, 0.1) is 23.2 Å². The Labute approximate surface area is 169 Å². The average Bonchev–Trinajstić information content (AvgIpc) is 3.11. The van der Waals surface area contributed by atoms with Crippen LogP contribution < -0.4 is 0 Å². The highest BCUT2D eigenvalue weighted by molar-refractivity contribution is 5.96. The van der Waals surface area contributed by atoms with Gasteiger partial charge in [0.1, 0.15) is 18.1 Å². The van der Waals surface area contributed by atoms with Gasteiger partial charge in [-0.25, -0.2) is 14.0 Å². The van der Waals surface area contributed by atoms with Crippen LogP contribution in [0.3, 0.4) is 0 Å². The van der Waals surface area contributed by atoms with Crippen LogP contribution in [-0.2, 0) is 16.1 Å². The van der Waals surface area contributed by atoms with E-state index in [2.05, 4.69) is 9.89 Å². The van der Waals surface area contributed by atoms with E-state index < -0.39 is 28.4 Å². The summed E-state index contributed by atoms with van der Waals surface area (Å²) < 4.78 is 28.1. The fraction of sp³-hybridized carbons (Fsp3) is 0.150. The van der Waals surface area contributed by atoms with Crippen molar-refractivity contribution in [3.05, 3.63) is 80.8 Å². The summed E-state index contributed by atoms with van der Waals surface area (Å²) in [5, 5.41) is 14.9. The first-order chi connectivity index (χ1) is 14.3. The lowest BCUT2D eigenvalue weighted by Crippen LogP contribution is -2.10. The highest BCUT2D eigenvalue weighted by Crippen LogP contribution is 2.26. The number of ether oxygens (including phenoxy) is 2. The van der Waals surface area contributed by atoms with Crippen molar-refractivity contribution in [2.75, 3.05) is 7.11 Å². The molecule has 0 radical (unpaired) electrons. The molecule has 0 fully saturated rings. The Hall–Kier alpha value is -4.08. The molecule has 1 heterocycles. The van der Waals surface area contributed by atoms with Gasteiger partial charge in [-0.05, 0) is 37.3 Å². The third-order valence-electron chi connectivity index (χ3n) is 4.25. The minimum atomic E-state index is -0.894. The largest absolute Gasteiger partial charge is 0.465 e. The van der Waals surface area contributed by atoms with Crippen molar-refractivity contribution < 1.29 is 32.9 Å². The van der Waals surface area contributed by atoms with E-state index >= 15 is 0 Å². The van der Waals surface area contributed by atoms with Crippen LogP contribution in [-0.4, -0.2) is 29.1 Å². The van der Waals surface area contributed by atoms with Gasteiger partial charge in [-0.15, -0.1) is 0 Å². The van der Waals surface area contributed by atoms with Crippen LogP contribution in [0.15, 0.2) is 47.0 Å². The van der Waals surface area contributed by atoms with Gasteiger partial charge in [0.2, 0.25) is 0 Å². The van der Waals surface area contributed by atoms with Crippen LogP contribution in [0.1, 0.15) is 32.0 Å². The lowest BCUT2D eigenvalue weighted by Gasteiger charge is -2.06. The number of aromatic nitrogens is 1. The number of hydrogen-bond donors (Lipinski definition) is 0. The van der Waals surface area contributed by atoms with Crippen molar-refractivity contribution in [1.82, 2.24) is 5.16 Å². The zero-order valence-corrected chi connectivity index (χ0v) is 15.9. The summed E-state index contributed by atoms with van der Waals surface area (Å²) in [5.74, 6) is -1.73. The molecule has 30 heavy (non-hydrogen) atoms. The number of esters is 2. The Morgan fingerprint density at radius 1 is 1.13 bits per heavy atom. The van der Waals surface area contributed by atoms with Crippen LogP contribution in [0.25, 0.3) is 11.3 Å². The molecule has 0 N–H and O–H groups in total. The number of nitro benzene ring substituents is 1. The van der Waals surface area contributed by atoms with E-state index in [1.54, 1.807) is 6.92 Å². The Kier molecular flexibility index (Phi) is 5.86. The van der Waals surface area contributed by atoms with Crippen molar-refractivity contribution in [2.24, 2.45) is 0 Å². The quantitative estimate of drug-likeness (QED) is 0.339. The van der Waals surface area contributed by atoms with Gasteiger partial charge in [-0.2, -0.15) is 0 Å². The fourth-order valence-electron chi connectivity index (χ4n) is 2.66. The fourth-order valence-corrected chi connectivity index (χ4v) is 2.66. The number of hydrogen-bond acceptors (Lipinski definition) is 8. The van der Waals surface area contributed by atoms with E-state index in [0.717, 1.165) is 25.3 Å². The van der Waals surface area contributed by atoms with E-state index in [1.165, 1.54) is 24.3 Å². The second-order valence-electron chi connectivity index (χ2n) is 6.18. The highest BCUT2D eigenvalue weighted by Gasteiger charge is 2.21. The molecule has 3 rings (SSSR count). The molecule has 0 aliphatic rings. The molecular weight excluding hydrogens is 399 g/mol. The molecule has 1 aromatic heterocycles. The third kappa shape index (κ3) is 4.32. The van der Waals surface area contributed by atoms with E-state index in [9.17, 15) is 24.1 Å². The van der Waals surface area contributed by atoms with Crippen molar-refractivity contribution >= 4 is 17.6 Å². The second-order valence-corrected chi connectivity index (χ2v) is 6.18. The van der Waals surface area contributed by atoms with Crippen LogP contribution in [0, 0.1) is 22.9 Å². The number of halogens is 1. The first-order valence-electron chi connectivity index (χ1n) is 8.56. The van der Waals surface area contributed by atoms with Crippen LogP contribution in [0.4, 0.5) is 10.1 Å². The Morgan fingerprint density at radius 2 is 1.77 bits per heavy atom. The van der Waals surface area contributed by atoms with E-state index in [4.69, 9.17) is 9.26 Å². The number of rotatable bonds is 6. The molecule has 10 heteroatoms. The third-order valence-corrected chi connectivity index (χ3v) is 4.25. The monoisotopic (exact) mass is 414 g/mol. The highest BCUT2D eigenvalue weighted by atomic mass is 19.1. The van der Waals surface area contributed by atoms with Crippen molar-refractivity contribution in [1.29, 1.82) is 0 Å². The zero-order valence-electron chi connectivity index (χ0n) is 15.9. The van der Waals surface area contributed by atoms with Crippen LogP contribution in [0.5, 0.6) is 0 Å². The summed E-state index contributed by atoms with van der Waals surface area (Å²) in [5.41, 5.74) is 0.700. The summed E-state index contributed by atoms with van der Waals surface area (Å²) in [6.45, 7) is 1.42. The number of nitrogens with zero attached hydrogens (tertiary/aromatic N) is 2. The van der Waals surface area contributed by atoms with Gasteiger partial charge in [-0.3, -0.25) is 10.1 Å². The molecule has 154 valence electrons. The maximum Gasteiger partial charge on any atom is 0.338 e. The van der Waals surface area contributed by atoms with Crippen LogP contribution in [0.2, 0.25) is 0 Å². The Morgan fingerprint density at radius 3 is 2.37 bits per heavy atom. The topological polar surface area (TPSA) is 122 Å². The number of carbonyl (C=O) groups is 2. The molecule has 0 amide bonds. The minimum Gasteiger partial charge on any atom is -0.465 e. The molecule has 0 aliphatic heterocycles. The lowest BCUT2D eigenvalue weighted by molar-refractivity contribution is -0.384. The maximum absolute atomic E-state index is 13.1. The van der Waals surface area contributed by atoms with Crippen molar-refractivity contribution in [3.8, 4) is 11.3 Å². The first kappa shape index (κ1) is 20.6. The molecule has 3 aromatic rings. The molecule has 0 atom stereocenters. The lowest BCUT2D eigenvalue weighted by atomic mass is 10.1. The second kappa shape index (κ2) is 8.52. The summed E-state index contributed by atoms with van der Waals surface area (Å²) in [6.07, 6.45) is 0. The average molecular weight is 414 g/mol. The molecule has 0 saturated carbocycles. The molecule has 2 aromatic carbocycles. The summed E-state index contributed by atoms with van der Waals surface area (Å²) in [6, 6.07) is 8.73. The van der Waals surface area contributed by atoms with Crippen LogP contribution >= 0.6 is 0 Å². The normalized spacial score (nSPS) is 10.5. The summed E-state index contributed by atoms with van der Waals surface area (Å²) in [4.78, 5) is 34.4. The summed E-state index contributed by atoms with van der Waals surface area (Å²) in [7, 11) is 1.12. The maximum atomic E-state index is 13.1. The SMILES string of the molecule is COC(=O)c1cc(C(=O)OCc2noc(-c3ccc(F)cc3)c2C)cc([N+](=O)[O-])c1. The molecular formula is C20H15FN2O7. The Bertz CT molecular complexity index is 1120. The molecule has 0 spiro atoms. The van der Waals surface area contributed by atoms with Gasteiger partial charge in [0.25, 0.3) is 5.69 Å². The molecule has 0 bridgehead atoms. The number of methoxy groups -OCH3 is 1. The predicted octanol–water partition coefficient (Wildman–Crippen LogP) is 3.84. The number of nitro groups is 1. The van der Waals surface area contributed by atoms with E-state index in [-0.39, 0.29) is 17.7 Å². The molecule has 0 aliphatic carbocycles. The molecule has 9 nitrogen and oxygen atoms in total. The minimum absolute atomic E-state index is 0.158. The van der Waals surface area contributed by atoms with E-state index in [0.29, 0.717) is 22.6 Å².